The van der Waals surface area contributed by atoms with E-state index in [1.165, 1.54) is 0 Å². The normalized spacial score (nSPS) is 18.8. The van der Waals surface area contributed by atoms with E-state index < -0.39 is 0 Å². The Morgan fingerprint density at radius 1 is 1.43 bits per heavy atom. The van der Waals surface area contributed by atoms with Crippen molar-refractivity contribution in [1.29, 1.82) is 0 Å². The zero-order valence-corrected chi connectivity index (χ0v) is 9.25. The molecule has 1 aliphatic heterocycles. The third-order valence-corrected chi connectivity index (χ3v) is 2.83. The van der Waals surface area contributed by atoms with Gasteiger partial charge in [-0.15, -0.1) is 0 Å². The first-order chi connectivity index (χ1) is 6.55. The Morgan fingerprint density at radius 2 is 2.14 bits per heavy atom. The predicted molar refractivity (Wildman–Crippen MR) is 55.9 cm³/mol. The lowest BCUT2D eigenvalue weighted by atomic mass is 9.88. The molecule has 0 spiro atoms. The van der Waals surface area contributed by atoms with Gasteiger partial charge in [0.25, 0.3) is 0 Å². The zero-order valence-electron chi connectivity index (χ0n) is 9.25. The first-order valence-corrected chi connectivity index (χ1v) is 5.44. The van der Waals surface area contributed by atoms with Crippen LogP contribution in [0.4, 0.5) is 0 Å². The van der Waals surface area contributed by atoms with Crippen molar-refractivity contribution >= 4 is 5.91 Å². The summed E-state index contributed by atoms with van der Waals surface area (Å²) in [4.78, 5) is 13.5. The minimum atomic E-state index is 0.0434. The molecule has 0 bridgehead atoms. The standard InChI is InChI=1S/C11H21NO2/c1-11(2,6-8-13)9-12-7-4-3-5-10(12)14/h13H,3-9H2,1-2H3. The fourth-order valence-corrected chi connectivity index (χ4v) is 1.93. The topological polar surface area (TPSA) is 40.5 Å². The molecule has 82 valence electrons. The molecule has 1 fully saturated rings. The van der Waals surface area contributed by atoms with Crippen LogP contribution in [0.5, 0.6) is 0 Å². The molecule has 0 atom stereocenters. The Labute approximate surface area is 86.1 Å². The van der Waals surface area contributed by atoms with E-state index in [-0.39, 0.29) is 17.9 Å². The minimum Gasteiger partial charge on any atom is -0.396 e. The molecule has 3 heteroatoms. The lowest BCUT2D eigenvalue weighted by molar-refractivity contribution is -0.134. The number of nitrogens with zero attached hydrogens (tertiary/aromatic N) is 1. The van der Waals surface area contributed by atoms with Crippen LogP contribution in [0.15, 0.2) is 0 Å². The van der Waals surface area contributed by atoms with Gasteiger partial charge in [-0.2, -0.15) is 0 Å². The lowest BCUT2D eigenvalue weighted by Gasteiger charge is -2.34. The highest BCUT2D eigenvalue weighted by Gasteiger charge is 2.25. The van der Waals surface area contributed by atoms with Crippen LogP contribution >= 0.6 is 0 Å². The second-order valence-corrected chi connectivity index (χ2v) is 4.91. The highest BCUT2D eigenvalue weighted by molar-refractivity contribution is 5.76. The maximum atomic E-state index is 11.5. The maximum absolute atomic E-state index is 11.5. The van der Waals surface area contributed by atoms with E-state index in [0.29, 0.717) is 6.42 Å². The third-order valence-electron chi connectivity index (χ3n) is 2.83. The molecule has 0 aromatic carbocycles. The van der Waals surface area contributed by atoms with Gasteiger partial charge in [0.2, 0.25) is 5.91 Å². The summed E-state index contributed by atoms with van der Waals surface area (Å²) in [5.74, 6) is 0.280. The van der Waals surface area contributed by atoms with Gasteiger partial charge in [-0.1, -0.05) is 13.8 Å². The van der Waals surface area contributed by atoms with Gasteiger partial charge in [-0.3, -0.25) is 4.79 Å². The van der Waals surface area contributed by atoms with Crippen molar-refractivity contribution in [2.45, 2.75) is 39.5 Å². The van der Waals surface area contributed by atoms with E-state index in [2.05, 4.69) is 13.8 Å². The van der Waals surface area contributed by atoms with Gasteiger partial charge in [0, 0.05) is 26.1 Å². The van der Waals surface area contributed by atoms with E-state index in [4.69, 9.17) is 5.11 Å². The number of rotatable bonds is 4. The number of hydrogen-bond donors (Lipinski definition) is 1. The number of hydrogen-bond acceptors (Lipinski definition) is 2. The summed E-state index contributed by atoms with van der Waals surface area (Å²) in [7, 11) is 0. The predicted octanol–water partition coefficient (Wildman–Crippen LogP) is 1.41. The second kappa shape index (κ2) is 4.78. The molecule has 1 saturated heterocycles. The monoisotopic (exact) mass is 199 g/mol. The molecule has 1 N–H and O–H groups in total. The second-order valence-electron chi connectivity index (χ2n) is 4.91. The Bertz CT molecular complexity index is 201. The molecule has 0 unspecified atom stereocenters. The number of carbonyl (C=O) groups excluding carboxylic acids is 1. The number of amides is 1. The maximum Gasteiger partial charge on any atom is 0.222 e. The fraction of sp³-hybridized carbons (Fsp3) is 0.909. The number of aliphatic hydroxyl groups excluding tert-OH is 1. The summed E-state index contributed by atoms with van der Waals surface area (Å²) < 4.78 is 0. The number of likely N-dealkylation sites (tertiary alicyclic amines) is 1. The highest BCUT2D eigenvalue weighted by Crippen LogP contribution is 2.23. The van der Waals surface area contributed by atoms with Crippen LogP contribution in [0, 0.1) is 5.41 Å². The van der Waals surface area contributed by atoms with Crippen LogP contribution in [0.1, 0.15) is 39.5 Å². The molecule has 1 amide bonds. The summed E-state index contributed by atoms with van der Waals surface area (Å²) in [6.07, 6.45) is 3.63. The Balaban J connectivity index is 2.45. The SMILES string of the molecule is CC(C)(CCO)CN1CCCCC1=O. The number of piperidine rings is 1. The van der Waals surface area contributed by atoms with Crippen LogP contribution in [0.25, 0.3) is 0 Å². The molecule has 0 aromatic heterocycles. The van der Waals surface area contributed by atoms with E-state index >= 15 is 0 Å². The first-order valence-electron chi connectivity index (χ1n) is 5.44. The van der Waals surface area contributed by atoms with Gasteiger partial charge >= 0.3 is 0 Å². The summed E-state index contributed by atoms with van der Waals surface area (Å²) in [6.45, 7) is 6.09. The summed E-state index contributed by atoms with van der Waals surface area (Å²) >= 11 is 0. The van der Waals surface area contributed by atoms with E-state index in [0.717, 1.165) is 32.4 Å². The molecule has 14 heavy (non-hydrogen) atoms. The van der Waals surface area contributed by atoms with Gasteiger partial charge in [-0.05, 0) is 24.7 Å². The van der Waals surface area contributed by atoms with E-state index in [9.17, 15) is 4.79 Å². The van der Waals surface area contributed by atoms with E-state index in [1.54, 1.807) is 0 Å². The van der Waals surface area contributed by atoms with Gasteiger partial charge in [0.15, 0.2) is 0 Å². The van der Waals surface area contributed by atoms with Crippen LogP contribution in [-0.2, 0) is 4.79 Å². The van der Waals surface area contributed by atoms with Crippen molar-refractivity contribution in [3.8, 4) is 0 Å². The van der Waals surface area contributed by atoms with Crippen molar-refractivity contribution in [2.75, 3.05) is 19.7 Å². The van der Waals surface area contributed by atoms with Crippen LogP contribution < -0.4 is 0 Å². The summed E-state index contributed by atoms with van der Waals surface area (Å²) in [5, 5.41) is 8.89. The molecule has 0 aliphatic carbocycles. The van der Waals surface area contributed by atoms with Crippen molar-refractivity contribution in [3.63, 3.8) is 0 Å². The van der Waals surface area contributed by atoms with Crippen LogP contribution in [0.2, 0.25) is 0 Å². The first kappa shape index (κ1) is 11.5. The molecule has 0 radical (unpaired) electrons. The van der Waals surface area contributed by atoms with Gasteiger partial charge < -0.3 is 10.0 Å². The molecule has 1 rings (SSSR count). The molecule has 1 heterocycles. The van der Waals surface area contributed by atoms with Gasteiger partial charge in [-0.25, -0.2) is 0 Å². The Hall–Kier alpha value is -0.570. The Kier molecular flexibility index (Phi) is 3.93. The van der Waals surface area contributed by atoms with Crippen molar-refractivity contribution < 1.29 is 9.90 Å². The Morgan fingerprint density at radius 3 is 2.71 bits per heavy atom. The molecular formula is C11H21NO2. The van der Waals surface area contributed by atoms with Gasteiger partial charge in [0.05, 0.1) is 0 Å². The number of aliphatic hydroxyl groups is 1. The van der Waals surface area contributed by atoms with Gasteiger partial charge in [0.1, 0.15) is 0 Å². The lowest BCUT2D eigenvalue weighted by Crippen LogP contribution is -2.41. The molecule has 0 saturated carbocycles. The summed E-state index contributed by atoms with van der Waals surface area (Å²) in [6, 6.07) is 0. The third kappa shape index (κ3) is 3.29. The molecule has 1 aliphatic rings. The average molecular weight is 199 g/mol. The fourth-order valence-electron chi connectivity index (χ4n) is 1.93. The minimum absolute atomic E-state index is 0.0434. The quantitative estimate of drug-likeness (QED) is 0.743. The van der Waals surface area contributed by atoms with Crippen molar-refractivity contribution in [3.05, 3.63) is 0 Å². The highest BCUT2D eigenvalue weighted by atomic mass is 16.3. The largest absolute Gasteiger partial charge is 0.396 e. The van der Waals surface area contributed by atoms with E-state index in [1.807, 2.05) is 4.90 Å². The van der Waals surface area contributed by atoms with Crippen LogP contribution in [0.3, 0.4) is 0 Å². The van der Waals surface area contributed by atoms with Crippen molar-refractivity contribution in [1.82, 2.24) is 4.90 Å². The average Bonchev–Trinajstić information content (AvgIpc) is 2.08. The molecular weight excluding hydrogens is 178 g/mol. The van der Waals surface area contributed by atoms with Crippen LogP contribution in [-0.4, -0.2) is 35.6 Å². The molecule has 3 nitrogen and oxygen atoms in total. The zero-order chi connectivity index (χ0) is 10.6. The molecule has 0 aromatic rings. The number of carbonyl (C=O) groups is 1. The summed E-state index contributed by atoms with van der Waals surface area (Å²) in [5.41, 5.74) is 0.0434. The van der Waals surface area contributed by atoms with Crippen molar-refractivity contribution in [2.24, 2.45) is 5.41 Å². The smallest absolute Gasteiger partial charge is 0.222 e.